The van der Waals surface area contributed by atoms with E-state index in [-0.39, 0.29) is 25.7 Å². The molecule has 0 heterocycles. The number of unbranched alkanes of at least 4 members (excludes halogenated alkanes) is 48. The molecule has 104 heavy (non-hydrogen) atoms. The van der Waals surface area contributed by atoms with Crippen LogP contribution in [-0.2, 0) is 65.4 Å². The van der Waals surface area contributed by atoms with Crippen LogP contribution in [0.4, 0.5) is 0 Å². The molecule has 19 heteroatoms. The monoisotopic (exact) mass is 1520 g/mol. The SMILES string of the molecule is CCCCCC/C=C\C=C/CCCCCCCC(=O)O[C@H](COC(=O)CCCCCCCCCCC(C)C)COP(=O)(O)OC[C@H](O)COP(=O)(O)OC[C@@H](COC(=O)CCCCCCCCCCCCCCCCCC)OC(=O)CCCCCCCCCCCCCCCCCCCCC(C)CC. The van der Waals surface area contributed by atoms with E-state index in [0.717, 1.165) is 121 Å². The Hall–Kier alpha value is -2.46. The van der Waals surface area contributed by atoms with Crippen molar-refractivity contribution in [1.29, 1.82) is 0 Å². The topological polar surface area (TPSA) is 237 Å². The number of carbonyl (C=O) groups excluding carboxylic acids is 4. The maximum absolute atomic E-state index is 13.1. The van der Waals surface area contributed by atoms with Crippen molar-refractivity contribution in [3.8, 4) is 0 Å². The Bertz CT molecular complexity index is 2090. The molecule has 0 saturated heterocycles. The molecule has 0 aromatic heterocycles. The minimum atomic E-state index is -4.97. The van der Waals surface area contributed by atoms with Crippen molar-refractivity contribution >= 4 is 39.5 Å². The van der Waals surface area contributed by atoms with Crippen molar-refractivity contribution in [2.24, 2.45) is 11.8 Å². The minimum Gasteiger partial charge on any atom is -0.462 e. The first-order chi connectivity index (χ1) is 50.4. The third-order valence-electron chi connectivity index (χ3n) is 19.7. The van der Waals surface area contributed by atoms with Crippen molar-refractivity contribution in [3.05, 3.63) is 24.3 Å². The fourth-order valence-electron chi connectivity index (χ4n) is 12.7. The summed E-state index contributed by atoms with van der Waals surface area (Å²) in [6.45, 7) is 9.62. The van der Waals surface area contributed by atoms with Crippen LogP contribution in [0.2, 0.25) is 0 Å². The summed E-state index contributed by atoms with van der Waals surface area (Å²) in [5, 5.41) is 10.7. The molecular weight excluding hydrogens is 1350 g/mol. The van der Waals surface area contributed by atoms with Crippen LogP contribution in [-0.4, -0.2) is 96.7 Å². The second-order valence-electron chi connectivity index (χ2n) is 30.6. The smallest absolute Gasteiger partial charge is 0.462 e. The molecule has 0 amide bonds. The zero-order valence-electron chi connectivity index (χ0n) is 67.8. The first-order valence-corrected chi connectivity index (χ1v) is 46.3. The highest BCUT2D eigenvalue weighted by Gasteiger charge is 2.30. The number of hydrogen-bond donors (Lipinski definition) is 3. The predicted octanol–water partition coefficient (Wildman–Crippen LogP) is 25.4. The van der Waals surface area contributed by atoms with Gasteiger partial charge in [0.2, 0.25) is 0 Å². The van der Waals surface area contributed by atoms with Crippen LogP contribution >= 0.6 is 15.6 Å². The molecule has 0 spiro atoms. The Kier molecular flexibility index (Phi) is 74.1. The summed E-state index contributed by atoms with van der Waals surface area (Å²) in [5.41, 5.74) is 0. The summed E-state index contributed by atoms with van der Waals surface area (Å²) in [4.78, 5) is 73.1. The number of aliphatic hydroxyl groups is 1. The normalized spacial score (nSPS) is 14.2. The third kappa shape index (κ3) is 76.3. The van der Waals surface area contributed by atoms with Gasteiger partial charge in [-0.3, -0.25) is 37.3 Å². The molecule has 0 aromatic rings. The van der Waals surface area contributed by atoms with Crippen LogP contribution in [0.15, 0.2) is 24.3 Å². The highest BCUT2D eigenvalue weighted by Crippen LogP contribution is 2.45. The molecule has 0 aliphatic heterocycles. The fourth-order valence-corrected chi connectivity index (χ4v) is 14.3. The van der Waals surface area contributed by atoms with Crippen LogP contribution in [0.1, 0.15) is 427 Å². The summed E-state index contributed by atoms with van der Waals surface area (Å²) in [5.74, 6) is -0.541. The molecule has 614 valence electrons. The third-order valence-corrected chi connectivity index (χ3v) is 21.6. The lowest BCUT2D eigenvalue weighted by Gasteiger charge is -2.21. The zero-order valence-corrected chi connectivity index (χ0v) is 69.6. The van der Waals surface area contributed by atoms with Gasteiger partial charge in [0.15, 0.2) is 12.2 Å². The van der Waals surface area contributed by atoms with Crippen LogP contribution in [0.3, 0.4) is 0 Å². The van der Waals surface area contributed by atoms with Crippen molar-refractivity contribution in [3.63, 3.8) is 0 Å². The highest BCUT2D eigenvalue weighted by molar-refractivity contribution is 7.47. The predicted molar refractivity (Wildman–Crippen MR) is 427 cm³/mol. The van der Waals surface area contributed by atoms with Crippen molar-refractivity contribution in [2.45, 2.75) is 445 Å². The van der Waals surface area contributed by atoms with Crippen LogP contribution in [0.5, 0.6) is 0 Å². The Morgan fingerprint density at radius 1 is 0.317 bits per heavy atom. The molecule has 0 bridgehead atoms. The summed E-state index contributed by atoms with van der Waals surface area (Å²) in [6.07, 6.45) is 70.2. The summed E-state index contributed by atoms with van der Waals surface area (Å²) < 4.78 is 68.8. The van der Waals surface area contributed by atoms with E-state index in [2.05, 4.69) is 65.8 Å². The number of aliphatic hydroxyl groups excluding tert-OH is 1. The zero-order chi connectivity index (χ0) is 76.4. The van der Waals surface area contributed by atoms with Gasteiger partial charge in [-0.2, -0.15) is 0 Å². The number of phosphoric acid groups is 2. The van der Waals surface area contributed by atoms with Crippen molar-refractivity contribution in [1.82, 2.24) is 0 Å². The Balaban J connectivity index is 5.26. The van der Waals surface area contributed by atoms with E-state index < -0.39 is 97.5 Å². The van der Waals surface area contributed by atoms with Gasteiger partial charge in [0, 0.05) is 25.7 Å². The molecule has 6 atom stereocenters. The van der Waals surface area contributed by atoms with Gasteiger partial charge in [-0.15, -0.1) is 0 Å². The largest absolute Gasteiger partial charge is 0.472 e. The lowest BCUT2D eigenvalue weighted by Crippen LogP contribution is -2.30. The molecule has 0 aliphatic rings. The van der Waals surface area contributed by atoms with Gasteiger partial charge >= 0.3 is 39.5 Å². The Morgan fingerprint density at radius 2 is 0.567 bits per heavy atom. The highest BCUT2D eigenvalue weighted by atomic mass is 31.2. The van der Waals surface area contributed by atoms with Crippen LogP contribution in [0.25, 0.3) is 0 Å². The average molecular weight is 1520 g/mol. The number of phosphoric ester groups is 2. The minimum absolute atomic E-state index is 0.0847. The number of hydrogen-bond acceptors (Lipinski definition) is 15. The first kappa shape index (κ1) is 102. The van der Waals surface area contributed by atoms with Gasteiger partial charge in [0.1, 0.15) is 19.3 Å². The van der Waals surface area contributed by atoms with E-state index in [0.29, 0.717) is 25.7 Å². The maximum Gasteiger partial charge on any atom is 0.472 e. The van der Waals surface area contributed by atoms with Gasteiger partial charge in [0.05, 0.1) is 26.4 Å². The van der Waals surface area contributed by atoms with Gasteiger partial charge in [0.25, 0.3) is 0 Å². The van der Waals surface area contributed by atoms with Crippen molar-refractivity contribution in [2.75, 3.05) is 39.6 Å². The molecule has 3 N–H and O–H groups in total. The number of rotatable bonds is 82. The fraction of sp³-hybridized carbons (Fsp3) is 0.906. The van der Waals surface area contributed by atoms with E-state index in [1.807, 2.05) is 0 Å². The molecule has 0 saturated carbocycles. The standard InChI is InChI=1S/C85H162O17P2/c1-7-10-12-14-16-18-20-22-24-31-34-38-42-49-55-61-67-82(87)95-73-80(101-84(89)70-64-58-52-44-40-36-32-28-26-25-27-30-33-37-41-48-54-60-66-78(6)9-3)75-99-103(91,92)97-71-79(86)72-98-104(93,94)100-76-81(74-96-83(88)68-62-56-50-46-45-47-53-59-65-77(4)5)102-85(90)69-63-57-51-43-39-35-29-23-21-19-17-15-13-11-8-2/h19,21,23,29,77-81,86H,7-18,20,22,24-28,30-76H2,1-6H3,(H,91,92)(H,93,94)/b21-19-,29-23-/t78?,79-,80-,81-/m1/s1. The van der Waals surface area contributed by atoms with Gasteiger partial charge in [-0.1, -0.05) is 374 Å². The van der Waals surface area contributed by atoms with Gasteiger partial charge < -0.3 is 33.8 Å². The Labute approximate surface area is 637 Å². The van der Waals surface area contributed by atoms with E-state index in [1.165, 1.54) is 225 Å². The maximum atomic E-state index is 13.1. The summed E-state index contributed by atoms with van der Waals surface area (Å²) in [6, 6.07) is 0. The molecule has 3 unspecified atom stereocenters. The van der Waals surface area contributed by atoms with E-state index >= 15 is 0 Å². The molecule has 17 nitrogen and oxygen atoms in total. The summed E-state index contributed by atoms with van der Waals surface area (Å²) >= 11 is 0. The molecule has 0 aromatic carbocycles. The second-order valence-corrected chi connectivity index (χ2v) is 33.5. The molecular formula is C85H162O17P2. The molecule has 0 aliphatic carbocycles. The lowest BCUT2D eigenvalue weighted by atomic mass is 9.99. The van der Waals surface area contributed by atoms with Gasteiger partial charge in [-0.05, 0) is 63.2 Å². The second kappa shape index (κ2) is 75.9. The van der Waals surface area contributed by atoms with Crippen LogP contribution < -0.4 is 0 Å². The number of ether oxygens (including phenoxy) is 4. The number of esters is 4. The van der Waals surface area contributed by atoms with Crippen molar-refractivity contribution < 1.29 is 80.2 Å². The average Bonchev–Trinajstić information content (AvgIpc) is 0.903. The number of allylic oxidation sites excluding steroid dienone is 4. The van der Waals surface area contributed by atoms with E-state index in [1.54, 1.807) is 0 Å². The van der Waals surface area contributed by atoms with E-state index in [4.69, 9.17) is 37.0 Å². The Morgan fingerprint density at radius 3 is 0.865 bits per heavy atom. The summed E-state index contributed by atoms with van der Waals surface area (Å²) in [7, 11) is -9.94. The number of carbonyl (C=O) groups is 4. The molecule has 0 rings (SSSR count). The molecule has 0 fully saturated rings. The quantitative estimate of drug-likeness (QED) is 0.0169. The lowest BCUT2D eigenvalue weighted by molar-refractivity contribution is -0.161. The van der Waals surface area contributed by atoms with E-state index in [9.17, 15) is 43.2 Å². The van der Waals surface area contributed by atoms with Crippen LogP contribution in [0, 0.1) is 11.8 Å². The molecule has 0 radical (unpaired) electrons. The first-order valence-electron chi connectivity index (χ1n) is 43.3. The van der Waals surface area contributed by atoms with Gasteiger partial charge in [-0.25, -0.2) is 9.13 Å².